The lowest BCUT2D eigenvalue weighted by Gasteiger charge is -2.19. The molecule has 1 heterocycles. The first-order chi connectivity index (χ1) is 9.82. The Morgan fingerprint density at radius 3 is 2.67 bits per heavy atom. The van der Waals surface area contributed by atoms with Crippen LogP contribution in [0.2, 0.25) is 0 Å². The third kappa shape index (κ3) is 5.52. The zero-order valence-corrected chi connectivity index (χ0v) is 14.0. The normalized spacial score (nSPS) is 11.7. The molecule has 0 amide bonds. The maximum atomic E-state index is 13.2. The Balaban J connectivity index is 1.90. The zero-order valence-electron chi connectivity index (χ0n) is 12.4. The summed E-state index contributed by atoms with van der Waals surface area (Å²) >= 11 is 3.23. The van der Waals surface area contributed by atoms with E-state index in [-0.39, 0.29) is 18.0 Å². The molecule has 1 aromatic heterocycles. The summed E-state index contributed by atoms with van der Waals surface area (Å²) in [6.07, 6.45) is 1.71. The second-order valence-electron chi connectivity index (χ2n) is 5.92. The minimum Gasteiger partial charge on any atom is -0.486 e. The van der Waals surface area contributed by atoms with E-state index < -0.39 is 0 Å². The van der Waals surface area contributed by atoms with Gasteiger partial charge in [0.25, 0.3) is 0 Å². The summed E-state index contributed by atoms with van der Waals surface area (Å²) in [6.45, 7) is 7.33. The van der Waals surface area contributed by atoms with Gasteiger partial charge in [-0.25, -0.2) is 4.39 Å². The Morgan fingerprint density at radius 1 is 1.24 bits per heavy atom. The van der Waals surface area contributed by atoms with Gasteiger partial charge in [0.15, 0.2) is 0 Å². The van der Waals surface area contributed by atoms with Crippen molar-refractivity contribution in [2.24, 2.45) is 0 Å². The Hall–Kier alpha value is -1.33. The molecule has 0 aliphatic rings. The fraction of sp³-hybridized carbons (Fsp3) is 0.375. The highest BCUT2D eigenvalue weighted by Gasteiger charge is 2.10. The Labute approximate surface area is 132 Å². The summed E-state index contributed by atoms with van der Waals surface area (Å²) in [5, 5.41) is 3.38. The van der Waals surface area contributed by atoms with E-state index in [0.29, 0.717) is 16.0 Å². The van der Waals surface area contributed by atoms with Gasteiger partial charge in [0, 0.05) is 28.2 Å². The molecule has 0 fully saturated rings. The molecule has 5 heteroatoms. The van der Waals surface area contributed by atoms with Crippen molar-refractivity contribution in [2.75, 3.05) is 0 Å². The van der Waals surface area contributed by atoms with Gasteiger partial charge in [0.1, 0.15) is 23.9 Å². The van der Waals surface area contributed by atoms with Gasteiger partial charge in [-0.15, -0.1) is 0 Å². The third-order valence-electron chi connectivity index (χ3n) is 2.75. The van der Waals surface area contributed by atoms with Crippen LogP contribution < -0.4 is 10.1 Å². The van der Waals surface area contributed by atoms with Crippen LogP contribution in [0.1, 0.15) is 32.1 Å². The Kier molecular flexibility index (Phi) is 5.06. The van der Waals surface area contributed by atoms with Crippen LogP contribution in [-0.2, 0) is 13.2 Å². The van der Waals surface area contributed by atoms with Gasteiger partial charge < -0.3 is 14.5 Å². The molecule has 1 aromatic carbocycles. The molecule has 21 heavy (non-hydrogen) atoms. The molecule has 1 N–H and O–H groups in total. The average molecular weight is 356 g/mol. The summed E-state index contributed by atoms with van der Waals surface area (Å²) in [7, 11) is 0. The molecule has 2 aromatic rings. The number of ether oxygens (including phenoxy) is 1. The fourth-order valence-electron chi connectivity index (χ4n) is 1.73. The highest BCUT2D eigenvalue weighted by Crippen LogP contribution is 2.22. The lowest BCUT2D eigenvalue weighted by molar-refractivity contribution is 0.269. The summed E-state index contributed by atoms with van der Waals surface area (Å²) < 4.78 is 24.8. The van der Waals surface area contributed by atoms with Crippen molar-refractivity contribution in [1.29, 1.82) is 0 Å². The topological polar surface area (TPSA) is 34.4 Å². The van der Waals surface area contributed by atoms with Gasteiger partial charge >= 0.3 is 0 Å². The lowest BCUT2D eigenvalue weighted by Crippen LogP contribution is -2.34. The minimum atomic E-state index is -0.339. The lowest BCUT2D eigenvalue weighted by atomic mass is 10.1. The Morgan fingerprint density at radius 2 is 2.00 bits per heavy atom. The molecular weight excluding hydrogens is 337 g/mol. The predicted octanol–water partition coefficient (Wildman–Crippen LogP) is 4.65. The second-order valence-corrected chi connectivity index (χ2v) is 6.83. The standard InChI is InChI=1S/C16H19BrFNO2/c1-16(2,3)19-8-11-4-15(20-9-11)10-21-14-6-12(17)5-13(18)7-14/h4-7,9,19H,8,10H2,1-3H3. The monoisotopic (exact) mass is 355 g/mol. The molecule has 0 unspecified atom stereocenters. The number of benzene rings is 1. The van der Waals surface area contributed by atoms with E-state index in [4.69, 9.17) is 9.15 Å². The molecule has 3 nitrogen and oxygen atoms in total. The maximum absolute atomic E-state index is 13.2. The van der Waals surface area contributed by atoms with Gasteiger partial charge in [-0.1, -0.05) is 15.9 Å². The van der Waals surface area contributed by atoms with Gasteiger partial charge in [0.05, 0.1) is 6.26 Å². The van der Waals surface area contributed by atoms with E-state index >= 15 is 0 Å². The molecule has 0 aliphatic heterocycles. The number of hydrogen-bond acceptors (Lipinski definition) is 3. The molecule has 2 rings (SSSR count). The average Bonchev–Trinajstić information content (AvgIpc) is 2.80. The first-order valence-corrected chi connectivity index (χ1v) is 7.51. The van der Waals surface area contributed by atoms with Crippen molar-refractivity contribution in [3.05, 3.63) is 52.1 Å². The van der Waals surface area contributed by atoms with Crippen molar-refractivity contribution >= 4 is 15.9 Å². The largest absolute Gasteiger partial charge is 0.486 e. The van der Waals surface area contributed by atoms with Crippen LogP contribution in [0.4, 0.5) is 4.39 Å². The van der Waals surface area contributed by atoms with E-state index in [0.717, 1.165) is 12.1 Å². The van der Waals surface area contributed by atoms with Gasteiger partial charge in [-0.3, -0.25) is 0 Å². The molecule has 0 bridgehead atoms. The highest BCUT2D eigenvalue weighted by atomic mass is 79.9. The number of furan rings is 1. The fourth-order valence-corrected chi connectivity index (χ4v) is 2.17. The summed E-state index contributed by atoms with van der Waals surface area (Å²) in [5.74, 6) is 0.836. The minimum absolute atomic E-state index is 0.0573. The number of hydrogen-bond donors (Lipinski definition) is 1. The first kappa shape index (κ1) is 16.0. The van der Waals surface area contributed by atoms with Crippen LogP contribution in [0.3, 0.4) is 0 Å². The smallest absolute Gasteiger partial charge is 0.146 e. The summed E-state index contributed by atoms with van der Waals surface area (Å²) in [5.41, 5.74) is 1.12. The van der Waals surface area contributed by atoms with Crippen molar-refractivity contribution in [1.82, 2.24) is 5.32 Å². The van der Waals surface area contributed by atoms with E-state index in [9.17, 15) is 4.39 Å². The van der Waals surface area contributed by atoms with Crippen LogP contribution in [0.15, 0.2) is 39.4 Å². The van der Waals surface area contributed by atoms with Crippen molar-refractivity contribution in [2.45, 2.75) is 39.5 Å². The van der Waals surface area contributed by atoms with Crippen LogP contribution in [0, 0.1) is 5.82 Å². The molecule has 0 atom stereocenters. The zero-order chi connectivity index (χ0) is 15.5. The maximum Gasteiger partial charge on any atom is 0.146 e. The van der Waals surface area contributed by atoms with Crippen LogP contribution in [0.5, 0.6) is 5.75 Å². The number of rotatable bonds is 5. The second kappa shape index (κ2) is 6.62. The number of halogens is 2. The molecule has 114 valence electrons. The predicted molar refractivity (Wildman–Crippen MR) is 83.7 cm³/mol. The van der Waals surface area contributed by atoms with Crippen LogP contribution in [-0.4, -0.2) is 5.54 Å². The SMILES string of the molecule is CC(C)(C)NCc1coc(COc2cc(F)cc(Br)c2)c1. The molecule has 0 spiro atoms. The van der Waals surface area contributed by atoms with Gasteiger partial charge in [-0.05, 0) is 39.0 Å². The first-order valence-electron chi connectivity index (χ1n) is 6.72. The van der Waals surface area contributed by atoms with Crippen molar-refractivity contribution in [3.63, 3.8) is 0 Å². The molecule has 0 saturated carbocycles. The van der Waals surface area contributed by atoms with Crippen LogP contribution >= 0.6 is 15.9 Å². The van der Waals surface area contributed by atoms with Crippen molar-refractivity contribution in [3.8, 4) is 5.75 Å². The summed E-state index contributed by atoms with van der Waals surface area (Å²) in [6, 6.07) is 6.38. The molecule has 0 saturated heterocycles. The highest BCUT2D eigenvalue weighted by molar-refractivity contribution is 9.10. The third-order valence-corrected chi connectivity index (χ3v) is 3.21. The Bertz CT molecular complexity index is 584. The van der Waals surface area contributed by atoms with E-state index in [1.165, 1.54) is 12.1 Å². The molecular formula is C16H19BrFNO2. The summed E-state index contributed by atoms with van der Waals surface area (Å²) in [4.78, 5) is 0. The van der Waals surface area contributed by atoms with E-state index in [1.54, 1.807) is 12.3 Å². The van der Waals surface area contributed by atoms with E-state index in [2.05, 4.69) is 42.0 Å². The quantitative estimate of drug-likeness (QED) is 0.847. The number of nitrogens with one attached hydrogen (secondary N) is 1. The van der Waals surface area contributed by atoms with Gasteiger partial charge in [0.2, 0.25) is 0 Å². The molecule has 0 aliphatic carbocycles. The van der Waals surface area contributed by atoms with E-state index in [1.807, 2.05) is 6.07 Å². The molecule has 0 radical (unpaired) electrons. The van der Waals surface area contributed by atoms with Crippen LogP contribution in [0.25, 0.3) is 0 Å². The van der Waals surface area contributed by atoms with Crippen molar-refractivity contribution < 1.29 is 13.5 Å². The van der Waals surface area contributed by atoms with Gasteiger partial charge in [-0.2, -0.15) is 0 Å².